The monoisotopic (exact) mass is 297 g/mol. The normalized spacial score (nSPS) is 25.4. The maximum Gasteiger partial charge on any atom is 0.443 e. The fourth-order valence-corrected chi connectivity index (χ4v) is 2.24. The van der Waals surface area contributed by atoms with Crippen LogP contribution in [-0.2, 0) is 4.79 Å². The zero-order valence-electron chi connectivity index (χ0n) is 11.0. The van der Waals surface area contributed by atoms with Crippen LogP contribution in [-0.4, -0.2) is 17.6 Å². The van der Waals surface area contributed by atoms with Crippen LogP contribution < -0.4 is 15.6 Å². The van der Waals surface area contributed by atoms with Gasteiger partial charge in [0.2, 0.25) is 0 Å². The van der Waals surface area contributed by atoms with E-state index in [2.05, 4.69) is 16.9 Å². The minimum absolute atomic E-state index is 0.0163. The van der Waals surface area contributed by atoms with Gasteiger partial charge in [0.15, 0.2) is 0 Å². The number of alkyl halides is 3. The van der Waals surface area contributed by atoms with E-state index in [1.807, 2.05) is 5.32 Å². The molecule has 0 aromatic carbocycles. The number of halogens is 3. The van der Waals surface area contributed by atoms with Gasteiger partial charge in [0.1, 0.15) is 5.92 Å². The lowest BCUT2D eigenvalue weighted by molar-refractivity contribution is -0.362. The SMILES string of the molecule is C=C1NC(=O)[C@](Nc2cc(C)cc[nH+]2)(C(F)(F)F)[C@@H]1C#N. The van der Waals surface area contributed by atoms with Crippen LogP contribution in [0.4, 0.5) is 19.0 Å². The van der Waals surface area contributed by atoms with Crippen molar-refractivity contribution in [3.63, 3.8) is 0 Å². The fraction of sp³-hybridized carbons (Fsp3) is 0.308. The van der Waals surface area contributed by atoms with Gasteiger partial charge < -0.3 is 5.32 Å². The van der Waals surface area contributed by atoms with Crippen molar-refractivity contribution >= 4 is 11.7 Å². The van der Waals surface area contributed by atoms with Gasteiger partial charge in [-0.15, -0.1) is 0 Å². The number of aryl methyl sites for hydroxylation is 1. The van der Waals surface area contributed by atoms with Gasteiger partial charge in [-0.25, -0.2) is 4.98 Å². The highest BCUT2D eigenvalue weighted by atomic mass is 19.4. The standard InChI is InChI=1S/C13H11F3N4O/c1-7-3-4-18-10(5-7)20-12(13(14,15)16)9(6-17)8(2)19-11(12)21/h3-5,9H,2H2,1H3,(H,18,20)(H,19,21)/p+1/t9-,12+/m1/s1. The molecule has 0 unspecified atom stereocenters. The maximum absolute atomic E-state index is 13.5. The predicted octanol–water partition coefficient (Wildman–Crippen LogP) is 1.31. The first-order valence-electron chi connectivity index (χ1n) is 5.95. The molecule has 1 aromatic heterocycles. The van der Waals surface area contributed by atoms with Crippen molar-refractivity contribution in [3.05, 3.63) is 36.2 Å². The lowest BCUT2D eigenvalue weighted by Crippen LogP contribution is -2.61. The zero-order chi connectivity index (χ0) is 15.8. The van der Waals surface area contributed by atoms with Crippen molar-refractivity contribution in [2.45, 2.75) is 18.6 Å². The van der Waals surface area contributed by atoms with Crippen LogP contribution in [0.3, 0.4) is 0 Å². The second-order valence-corrected chi connectivity index (χ2v) is 4.75. The molecule has 1 aliphatic rings. The Bertz CT molecular complexity index is 650. The van der Waals surface area contributed by atoms with Crippen LogP contribution in [0.25, 0.3) is 0 Å². The maximum atomic E-state index is 13.5. The third kappa shape index (κ3) is 2.20. The first kappa shape index (κ1) is 14.8. The van der Waals surface area contributed by atoms with Crippen molar-refractivity contribution in [2.75, 3.05) is 5.32 Å². The Morgan fingerprint density at radius 2 is 2.24 bits per heavy atom. The van der Waals surface area contributed by atoms with E-state index in [9.17, 15) is 18.0 Å². The van der Waals surface area contributed by atoms with Crippen LogP contribution in [0, 0.1) is 24.2 Å². The molecular weight excluding hydrogens is 285 g/mol. The van der Waals surface area contributed by atoms with Gasteiger partial charge in [0, 0.05) is 11.8 Å². The van der Waals surface area contributed by atoms with E-state index in [0.717, 1.165) is 0 Å². The number of aromatic amines is 1. The lowest BCUT2D eigenvalue weighted by Gasteiger charge is -2.27. The van der Waals surface area contributed by atoms with Crippen molar-refractivity contribution < 1.29 is 22.9 Å². The van der Waals surface area contributed by atoms with Gasteiger partial charge in [-0.2, -0.15) is 18.4 Å². The molecule has 110 valence electrons. The molecule has 2 rings (SSSR count). The number of carbonyl (C=O) groups excluding carboxylic acids is 1. The summed E-state index contributed by atoms with van der Waals surface area (Å²) in [4.78, 5) is 14.5. The summed E-state index contributed by atoms with van der Waals surface area (Å²) in [5.74, 6) is -3.13. The average Bonchev–Trinajstić information content (AvgIpc) is 2.60. The van der Waals surface area contributed by atoms with Gasteiger partial charge in [0.05, 0.1) is 12.3 Å². The van der Waals surface area contributed by atoms with Crippen LogP contribution in [0.1, 0.15) is 5.56 Å². The number of anilines is 1. The summed E-state index contributed by atoms with van der Waals surface area (Å²) in [6.45, 7) is 5.01. The molecule has 2 heterocycles. The van der Waals surface area contributed by atoms with Gasteiger partial charge in [-0.1, -0.05) is 6.58 Å². The first-order valence-corrected chi connectivity index (χ1v) is 5.95. The van der Waals surface area contributed by atoms with E-state index in [1.54, 1.807) is 13.0 Å². The van der Waals surface area contributed by atoms with Crippen LogP contribution in [0.15, 0.2) is 30.6 Å². The largest absolute Gasteiger partial charge is 0.443 e. The van der Waals surface area contributed by atoms with Gasteiger partial charge in [-0.3, -0.25) is 10.1 Å². The molecule has 0 radical (unpaired) electrons. The molecule has 1 amide bonds. The molecule has 21 heavy (non-hydrogen) atoms. The highest BCUT2D eigenvalue weighted by Gasteiger charge is 2.73. The molecule has 2 atom stereocenters. The number of nitrogens with zero attached hydrogens (tertiary/aromatic N) is 1. The van der Waals surface area contributed by atoms with Crippen molar-refractivity contribution in [1.82, 2.24) is 5.32 Å². The number of nitriles is 1. The fourth-order valence-electron chi connectivity index (χ4n) is 2.24. The van der Waals surface area contributed by atoms with Crippen molar-refractivity contribution in [1.29, 1.82) is 5.26 Å². The molecule has 1 aliphatic heterocycles. The predicted molar refractivity (Wildman–Crippen MR) is 66.5 cm³/mol. The number of amides is 1. The summed E-state index contributed by atoms with van der Waals surface area (Å²) >= 11 is 0. The van der Waals surface area contributed by atoms with E-state index in [0.29, 0.717) is 5.56 Å². The minimum Gasteiger partial charge on any atom is -0.325 e. The number of rotatable bonds is 2. The molecule has 1 aromatic rings. The highest BCUT2D eigenvalue weighted by molar-refractivity contribution is 5.96. The third-order valence-electron chi connectivity index (χ3n) is 3.28. The molecule has 0 saturated carbocycles. The van der Waals surface area contributed by atoms with Crippen LogP contribution in [0.2, 0.25) is 0 Å². The summed E-state index contributed by atoms with van der Waals surface area (Å²) < 4.78 is 40.6. The number of hydrogen-bond acceptors (Lipinski definition) is 3. The second kappa shape index (κ2) is 4.77. The number of pyridine rings is 1. The molecule has 5 nitrogen and oxygen atoms in total. The third-order valence-corrected chi connectivity index (χ3v) is 3.28. The van der Waals surface area contributed by atoms with E-state index in [1.165, 1.54) is 18.3 Å². The summed E-state index contributed by atoms with van der Waals surface area (Å²) in [7, 11) is 0. The summed E-state index contributed by atoms with van der Waals surface area (Å²) in [6, 6.07) is 4.56. The number of nitrogens with one attached hydrogen (secondary N) is 3. The number of carbonyl (C=O) groups is 1. The van der Waals surface area contributed by atoms with E-state index in [-0.39, 0.29) is 11.5 Å². The Labute approximate surface area is 118 Å². The van der Waals surface area contributed by atoms with E-state index < -0.39 is 23.5 Å². The Hall–Kier alpha value is -2.56. The number of hydrogen-bond donors (Lipinski definition) is 2. The molecular formula is C13H12F3N4O+. The molecule has 0 spiro atoms. The second-order valence-electron chi connectivity index (χ2n) is 4.75. The molecule has 1 fully saturated rings. The highest BCUT2D eigenvalue weighted by Crippen LogP contribution is 2.44. The van der Waals surface area contributed by atoms with Crippen molar-refractivity contribution in [3.8, 4) is 6.07 Å². The Kier molecular flexibility index (Phi) is 3.37. The smallest absolute Gasteiger partial charge is 0.325 e. The van der Waals surface area contributed by atoms with Gasteiger partial charge in [0.25, 0.3) is 17.3 Å². The van der Waals surface area contributed by atoms with Gasteiger partial charge in [-0.05, 0) is 18.6 Å². The molecule has 0 aliphatic carbocycles. The van der Waals surface area contributed by atoms with Gasteiger partial charge >= 0.3 is 6.18 Å². The average molecular weight is 297 g/mol. The Morgan fingerprint density at radius 3 is 2.76 bits per heavy atom. The zero-order valence-corrected chi connectivity index (χ0v) is 11.0. The summed E-state index contributed by atoms with van der Waals surface area (Å²) in [5.41, 5.74) is -2.65. The summed E-state index contributed by atoms with van der Waals surface area (Å²) in [5, 5.41) is 13.2. The van der Waals surface area contributed by atoms with E-state index in [4.69, 9.17) is 5.26 Å². The van der Waals surface area contributed by atoms with E-state index >= 15 is 0 Å². The molecule has 8 heteroatoms. The van der Waals surface area contributed by atoms with Crippen LogP contribution in [0.5, 0.6) is 0 Å². The van der Waals surface area contributed by atoms with Crippen LogP contribution >= 0.6 is 0 Å². The molecule has 0 bridgehead atoms. The molecule has 3 N–H and O–H groups in total. The Morgan fingerprint density at radius 1 is 1.57 bits per heavy atom. The summed E-state index contributed by atoms with van der Waals surface area (Å²) in [6.07, 6.45) is -3.54. The molecule has 1 saturated heterocycles. The topological polar surface area (TPSA) is 79.1 Å². The Balaban J connectivity index is 2.56. The first-order chi connectivity index (χ1) is 9.72. The minimum atomic E-state index is -4.98. The number of H-pyrrole nitrogens is 1. The lowest BCUT2D eigenvalue weighted by atomic mass is 9.85. The quantitative estimate of drug-likeness (QED) is 0.863. The number of aromatic nitrogens is 1. The van der Waals surface area contributed by atoms with Crippen molar-refractivity contribution in [2.24, 2.45) is 5.92 Å².